The first-order valence-electron chi connectivity index (χ1n) is 8.59. The van der Waals surface area contributed by atoms with Crippen molar-refractivity contribution in [3.63, 3.8) is 0 Å². The van der Waals surface area contributed by atoms with E-state index in [1.807, 2.05) is 13.1 Å². The van der Waals surface area contributed by atoms with Gasteiger partial charge < -0.3 is 10.2 Å². The topological polar surface area (TPSA) is 74.7 Å². The third-order valence-electron chi connectivity index (χ3n) is 5.50. The highest BCUT2D eigenvalue weighted by atomic mass is 35.5. The number of nitrogens with zero attached hydrogens (tertiary/aromatic N) is 5. The lowest BCUT2D eigenvalue weighted by atomic mass is 9.60. The van der Waals surface area contributed by atoms with E-state index >= 15 is 0 Å². The maximum atomic E-state index is 6.25. The van der Waals surface area contributed by atoms with Crippen LogP contribution in [0.25, 0.3) is 5.52 Å². The predicted octanol–water partition coefficient (Wildman–Crippen LogP) is 1.70. The van der Waals surface area contributed by atoms with E-state index in [1.54, 1.807) is 10.8 Å². The minimum absolute atomic E-state index is 0.421. The fourth-order valence-electron chi connectivity index (χ4n) is 4.25. The van der Waals surface area contributed by atoms with Gasteiger partial charge in [0.1, 0.15) is 17.0 Å². The van der Waals surface area contributed by atoms with Crippen LogP contribution in [-0.2, 0) is 0 Å². The molecule has 7 nitrogen and oxygen atoms in total. The number of aryl methyl sites for hydroxylation is 1. The molecule has 4 rings (SSSR count). The van der Waals surface area contributed by atoms with Crippen LogP contribution in [0.1, 0.15) is 18.4 Å². The van der Waals surface area contributed by atoms with Crippen molar-refractivity contribution in [1.29, 1.82) is 0 Å². The standard InChI is InChI=1S/C16H24ClN7S/c1-11-5-13(17)24-14(11)15(20-10-21-24)22-8-16(9-22)6-12(7-16)23(25-18)4-3-19-2/h5,10,12,19H,3-4,6-9,18H2,1-2H3. The quantitative estimate of drug-likeness (QED) is 0.737. The number of rotatable bonds is 6. The first-order valence-corrected chi connectivity index (χ1v) is 9.80. The minimum atomic E-state index is 0.421. The largest absolute Gasteiger partial charge is 0.354 e. The Hall–Kier alpha value is -1.06. The molecule has 0 amide bonds. The van der Waals surface area contributed by atoms with Crippen molar-refractivity contribution < 1.29 is 0 Å². The molecule has 3 N–H and O–H groups in total. The summed E-state index contributed by atoms with van der Waals surface area (Å²) in [5.41, 5.74) is 2.56. The van der Waals surface area contributed by atoms with E-state index < -0.39 is 0 Å². The van der Waals surface area contributed by atoms with Gasteiger partial charge in [-0.3, -0.25) is 5.14 Å². The Balaban J connectivity index is 1.42. The molecule has 0 aromatic carbocycles. The summed E-state index contributed by atoms with van der Waals surface area (Å²) in [6.07, 6.45) is 4.01. The molecule has 1 spiro atoms. The monoisotopic (exact) mass is 381 g/mol. The summed E-state index contributed by atoms with van der Waals surface area (Å²) in [6, 6.07) is 2.53. The molecule has 3 heterocycles. The first kappa shape index (κ1) is 17.4. The zero-order valence-electron chi connectivity index (χ0n) is 14.6. The van der Waals surface area contributed by atoms with E-state index in [0.29, 0.717) is 16.6 Å². The van der Waals surface area contributed by atoms with Crippen molar-refractivity contribution in [2.24, 2.45) is 10.6 Å². The second-order valence-electron chi connectivity index (χ2n) is 7.26. The van der Waals surface area contributed by atoms with Gasteiger partial charge in [-0.1, -0.05) is 11.6 Å². The summed E-state index contributed by atoms with van der Waals surface area (Å²) >= 11 is 7.63. The van der Waals surface area contributed by atoms with E-state index in [2.05, 4.69) is 31.5 Å². The van der Waals surface area contributed by atoms with E-state index in [0.717, 1.165) is 43.1 Å². The normalized spacial score (nSPS) is 19.6. The number of likely N-dealkylation sites (N-methyl/N-ethyl adjacent to an activating group) is 1. The highest BCUT2D eigenvalue weighted by molar-refractivity contribution is 7.94. The van der Waals surface area contributed by atoms with Gasteiger partial charge in [0.2, 0.25) is 0 Å². The van der Waals surface area contributed by atoms with Gasteiger partial charge in [0.05, 0.1) is 0 Å². The predicted molar refractivity (Wildman–Crippen MR) is 103 cm³/mol. The van der Waals surface area contributed by atoms with Gasteiger partial charge in [-0.15, -0.1) is 0 Å². The molecular weight excluding hydrogens is 358 g/mol. The van der Waals surface area contributed by atoms with Crippen LogP contribution in [0.3, 0.4) is 0 Å². The first-order chi connectivity index (χ1) is 12.1. The number of nitrogens with one attached hydrogen (secondary N) is 1. The average Bonchev–Trinajstić information content (AvgIpc) is 2.83. The maximum Gasteiger partial charge on any atom is 0.156 e. The van der Waals surface area contributed by atoms with Gasteiger partial charge in [0.25, 0.3) is 0 Å². The molecule has 1 saturated heterocycles. The van der Waals surface area contributed by atoms with Gasteiger partial charge in [-0.05, 0) is 38.4 Å². The number of aromatic nitrogens is 3. The zero-order valence-corrected chi connectivity index (χ0v) is 16.1. The molecule has 1 aliphatic heterocycles. The van der Waals surface area contributed by atoms with Crippen molar-refractivity contribution >= 4 is 35.1 Å². The Kier molecular flexibility index (Phi) is 4.57. The Morgan fingerprint density at radius 3 is 2.92 bits per heavy atom. The number of nitrogens with two attached hydrogens (primary N) is 1. The smallest absolute Gasteiger partial charge is 0.156 e. The van der Waals surface area contributed by atoms with Gasteiger partial charge in [0.15, 0.2) is 5.82 Å². The van der Waals surface area contributed by atoms with Crippen molar-refractivity contribution in [2.75, 3.05) is 38.1 Å². The van der Waals surface area contributed by atoms with Crippen LogP contribution in [-0.4, -0.2) is 58.2 Å². The number of anilines is 1. The second kappa shape index (κ2) is 6.59. The molecule has 0 atom stereocenters. The summed E-state index contributed by atoms with van der Waals surface area (Å²) in [5.74, 6) is 0.994. The minimum Gasteiger partial charge on any atom is -0.354 e. The van der Waals surface area contributed by atoms with Crippen LogP contribution in [0.5, 0.6) is 0 Å². The molecule has 0 radical (unpaired) electrons. The molecule has 2 aromatic heterocycles. The Morgan fingerprint density at radius 2 is 2.24 bits per heavy atom. The molecule has 2 fully saturated rings. The third-order valence-corrected chi connectivity index (χ3v) is 6.52. The van der Waals surface area contributed by atoms with Gasteiger partial charge in [-0.2, -0.15) is 5.10 Å². The molecule has 0 bridgehead atoms. The van der Waals surface area contributed by atoms with Crippen LogP contribution < -0.4 is 15.4 Å². The summed E-state index contributed by atoms with van der Waals surface area (Å²) in [6.45, 7) is 6.10. The fourth-order valence-corrected chi connectivity index (χ4v) is 5.06. The molecule has 1 aliphatic carbocycles. The number of hydrogen-bond acceptors (Lipinski definition) is 7. The van der Waals surface area contributed by atoms with Crippen molar-refractivity contribution in [3.8, 4) is 0 Å². The zero-order chi connectivity index (χ0) is 17.6. The Labute approximate surface area is 157 Å². The summed E-state index contributed by atoms with van der Waals surface area (Å²) in [4.78, 5) is 6.88. The summed E-state index contributed by atoms with van der Waals surface area (Å²) in [7, 11) is 1.98. The average molecular weight is 382 g/mol. The number of hydrogen-bond donors (Lipinski definition) is 2. The molecule has 2 aliphatic rings. The van der Waals surface area contributed by atoms with E-state index in [-0.39, 0.29) is 0 Å². The van der Waals surface area contributed by atoms with Gasteiger partial charge in [0, 0.05) is 49.8 Å². The lowest BCUT2D eigenvalue weighted by Crippen LogP contribution is -2.66. The van der Waals surface area contributed by atoms with E-state index in [9.17, 15) is 0 Å². The maximum absolute atomic E-state index is 6.25. The SMILES string of the molecule is CNCCN(SN)C1CC2(C1)CN(c1ncnn3c(Cl)cc(C)c13)C2. The third kappa shape index (κ3) is 2.90. The van der Waals surface area contributed by atoms with Crippen LogP contribution >= 0.6 is 23.7 Å². The molecule has 136 valence electrons. The molecule has 0 unspecified atom stereocenters. The number of fused-ring (bicyclic) bond motifs is 1. The van der Waals surface area contributed by atoms with E-state index in [1.165, 1.54) is 25.0 Å². The Bertz CT molecular complexity index is 765. The van der Waals surface area contributed by atoms with Crippen LogP contribution in [0.4, 0.5) is 5.82 Å². The Morgan fingerprint density at radius 1 is 1.48 bits per heavy atom. The molecule has 25 heavy (non-hydrogen) atoms. The lowest BCUT2D eigenvalue weighted by molar-refractivity contribution is 0.0174. The number of halogens is 1. The van der Waals surface area contributed by atoms with Crippen LogP contribution in [0.15, 0.2) is 12.4 Å². The second-order valence-corrected chi connectivity index (χ2v) is 8.33. The van der Waals surface area contributed by atoms with Crippen LogP contribution in [0.2, 0.25) is 5.15 Å². The van der Waals surface area contributed by atoms with Crippen molar-refractivity contribution in [3.05, 3.63) is 23.1 Å². The van der Waals surface area contributed by atoms with Crippen molar-refractivity contribution in [1.82, 2.24) is 24.2 Å². The highest BCUT2D eigenvalue weighted by Gasteiger charge is 2.54. The van der Waals surface area contributed by atoms with Crippen molar-refractivity contribution in [2.45, 2.75) is 25.8 Å². The van der Waals surface area contributed by atoms with Crippen LogP contribution in [0, 0.1) is 12.3 Å². The molecular formula is C16H24ClN7S. The van der Waals surface area contributed by atoms with Gasteiger partial charge in [-0.25, -0.2) is 13.8 Å². The molecule has 2 aromatic rings. The summed E-state index contributed by atoms with van der Waals surface area (Å²) < 4.78 is 4.09. The summed E-state index contributed by atoms with van der Waals surface area (Å²) in [5, 5.41) is 13.9. The molecule has 9 heteroatoms. The van der Waals surface area contributed by atoms with E-state index in [4.69, 9.17) is 16.7 Å². The molecule has 1 saturated carbocycles. The fraction of sp³-hybridized carbons (Fsp3) is 0.625. The highest BCUT2D eigenvalue weighted by Crippen LogP contribution is 2.52. The lowest BCUT2D eigenvalue weighted by Gasteiger charge is -2.61. The van der Waals surface area contributed by atoms with Gasteiger partial charge >= 0.3 is 0 Å².